The molecule has 3 aromatic rings. The van der Waals surface area contributed by atoms with Gasteiger partial charge in [0.1, 0.15) is 11.5 Å². The first kappa shape index (κ1) is 18.5. The molecule has 1 aromatic carbocycles. The number of alkyl halides is 3. The Kier molecular flexibility index (Phi) is 4.64. The zero-order valence-electron chi connectivity index (χ0n) is 13.7. The molecule has 0 bridgehead atoms. The van der Waals surface area contributed by atoms with E-state index in [1.807, 2.05) is 5.10 Å². The average Bonchev–Trinajstić information content (AvgIpc) is 2.99. The number of aromatic nitrogens is 3. The third-order valence-corrected chi connectivity index (χ3v) is 3.90. The van der Waals surface area contributed by atoms with Crippen LogP contribution in [0.2, 0.25) is 0 Å². The van der Waals surface area contributed by atoms with Crippen LogP contribution in [0.5, 0.6) is 0 Å². The van der Waals surface area contributed by atoms with E-state index in [1.165, 1.54) is 31.3 Å². The molecule has 3 rings (SSSR count). The van der Waals surface area contributed by atoms with Gasteiger partial charge in [0, 0.05) is 17.3 Å². The molecule has 1 N–H and O–H groups in total. The normalized spacial score (nSPS) is 11.5. The largest absolute Gasteiger partial charge is 0.433 e. The van der Waals surface area contributed by atoms with Crippen LogP contribution in [0.15, 0.2) is 36.7 Å². The number of amides is 1. The highest BCUT2D eigenvalue weighted by Crippen LogP contribution is 2.36. The van der Waals surface area contributed by atoms with Crippen LogP contribution in [0.1, 0.15) is 11.3 Å². The highest BCUT2D eigenvalue weighted by Gasteiger charge is 2.36. The number of hydrogen-bond acceptors (Lipinski definition) is 3. The van der Waals surface area contributed by atoms with Crippen molar-refractivity contribution in [2.45, 2.75) is 13.1 Å². The number of rotatable bonds is 4. The van der Waals surface area contributed by atoms with Gasteiger partial charge in [-0.2, -0.15) is 18.3 Å². The zero-order valence-corrected chi connectivity index (χ0v) is 13.7. The number of hydrogen-bond donors (Lipinski definition) is 1. The molecular weight excluding hydrogens is 371 g/mol. The van der Waals surface area contributed by atoms with Crippen molar-refractivity contribution in [1.82, 2.24) is 15.2 Å². The van der Waals surface area contributed by atoms with E-state index in [-0.39, 0.29) is 34.6 Å². The van der Waals surface area contributed by atoms with Crippen LogP contribution in [0.25, 0.3) is 11.3 Å². The van der Waals surface area contributed by atoms with Gasteiger partial charge in [-0.05, 0) is 31.2 Å². The second-order valence-electron chi connectivity index (χ2n) is 5.54. The number of aromatic amines is 1. The van der Waals surface area contributed by atoms with Gasteiger partial charge in [0.05, 0.1) is 23.3 Å². The molecule has 5 nitrogen and oxygen atoms in total. The summed E-state index contributed by atoms with van der Waals surface area (Å²) in [6, 6.07) is 4.58. The van der Waals surface area contributed by atoms with Gasteiger partial charge in [-0.1, -0.05) is 0 Å². The second-order valence-corrected chi connectivity index (χ2v) is 5.54. The van der Waals surface area contributed by atoms with E-state index in [2.05, 4.69) is 10.1 Å². The number of nitrogens with zero attached hydrogens (tertiary/aromatic N) is 3. The van der Waals surface area contributed by atoms with Crippen molar-refractivity contribution in [2.24, 2.45) is 0 Å². The number of nitrogens with one attached hydrogen (secondary N) is 1. The van der Waals surface area contributed by atoms with Gasteiger partial charge in [-0.25, -0.2) is 8.78 Å². The Morgan fingerprint density at radius 3 is 2.44 bits per heavy atom. The number of halogens is 5. The third kappa shape index (κ3) is 3.37. The van der Waals surface area contributed by atoms with E-state index in [1.54, 1.807) is 0 Å². The van der Waals surface area contributed by atoms with Crippen molar-refractivity contribution in [3.63, 3.8) is 0 Å². The van der Waals surface area contributed by atoms with Crippen LogP contribution in [0.3, 0.4) is 0 Å². The SMILES string of the molecule is Cc1c(-c2ccc(N(C=O)c3ccncc3F)cc2F)n[nH]c1C(F)(F)F. The van der Waals surface area contributed by atoms with Crippen molar-refractivity contribution in [3.05, 3.63) is 59.6 Å². The summed E-state index contributed by atoms with van der Waals surface area (Å²) in [7, 11) is 0. The molecule has 0 aliphatic carbocycles. The monoisotopic (exact) mass is 382 g/mol. The number of benzene rings is 1. The molecule has 0 saturated carbocycles. The van der Waals surface area contributed by atoms with Crippen LogP contribution >= 0.6 is 0 Å². The lowest BCUT2D eigenvalue weighted by Gasteiger charge is -2.18. The van der Waals surface area contributed by atoms with Crippen molar-refractivity contribution >= 4 is 17.8 Å². The first-order chi connectivity index (χ1) is 12.7. The van der Waals surface area contributed by atoms with E-state index in [9.17, 15) is 26.7 Å². The highest BCUT2D eigenvalue weighted by molar-refractivity contribution is 5.87. The molecule has 0 fully saturated rings. The van der Waals surface area contributed by atoms with E-state index in [4.69, 9.17) is 0 Å². The number of carbonyl (C=O) groups excluding carboxylic acids is 1. The maximum absolute atomic E-state index is 14.6. The van der Waals surface area contributed by atoms with Gasteiger partial charge >= 0.3 is 6.18 Å². The Morgan fingerprint density at radius 2 is 1.89 bits per heavy atom. The summed E-state index contributed by atoms with van der Waals surface area (Å²) >= 11 is 0. The topological polar surface area (TPSA) is 61.9 Å². The van der Waals surface area contributed by atoms with Crippen LogP contribution in [-0.2, 0) is 11.0 Å². The number of pyridine rings is 1. The van der Waals surface area contributed by atoms with Crippen molar-refractivity contribution in [2.75, 3.05) is 4.90 Å². The molecule has 0 saturated heterocycles. The molecule has 10 heteroatoms. The predicted molar refractivity (Wildman–Crippen MR) is 86.1 cm³/mol. The van der Waals surface area contributed by atoms with Crippen LogP contribution in [0, 0.1) is 18.6 Å². The molecule has 0 radical (unpaired) electrons. The van der Waals surface area contributed by atoms with Gasteiger partial charge in [-0.3, -0.25) is 19.8 Å². The van der Waals surface area contributed by atoms with Crippen molar-refractivity contribution in [1.29, 1.82) is 0 Å². The summed E-state index contributed by atoms with van der Waals surface area (Å²) < 4.78 is 67.0. The summed E-state index contributed by atoms with van der Waals surface area (Å²) in [4.78, 5) is 15.8. The molecule has 0 aliphatic rings. The smallest absolute Gasteiger partial charge is 0.280 e. The first-order valence-electron chi connectivity index (χ1n) is 7.50. The van der Waals surface area contributed by atoms with Gasteiger partial charge in [0.15, 0.2) is 5.82 Å². The molecule has 2 heterocycles. The molecule has 0 aliphatic heterocycles. The Labute approximate surface area is 149 Å². The molecular formula is C17H11F5N4O. The van der Waals surface area contributed by atoms with E-state index >= 15 is 0 Å². The van der Waals surface area contributed by atoms with Gasteiger partial charge < -0.3 is 0 Å². The van der Waals surface area contributed by atoms with Gasteiger partial charge in [0.25, 0.3) is 0 Å². The molecule has 0 unspecified atom stereocenters. The third-order valence-electron chi connectivity index (χ3n) is 3.90. The second kappa shape index (κ2) is 6.78. The fourth-order valence-corrected chi connectivity index (χ4v) is 2.60. The average molecular weight is 382 g/mol. The Morgan fingerprint density at radius 1 is 1.15 bits per heavy atom. The maximum atomic E-state index is 14.6. The Bertz CT molecular complexity index is 999. The van der Waals surface area contributed by atoms with E-state index < -0.39 is 23.5 Å². The summed E-state index contributed by atoms with van der Waals surface area (Å²) in [6.07, 6.45) is -2.22. The fourth-order valence-electron chi connectivity index (χ4n) is 2.60. The highest BCUT2D eigenvalue weighted by atomic mass is 19.4. The number of anilines is 2. The summed E-state index contributed by atoms with van der Waals surface area (Å²) in [5.41, 5.74) is -1.90. The molecule has 0 spiro atoms. The molecule has 2 aromatic heterocycles. The number of carbonyl (C=O) groups is 1. The minimum absolute atomic E-state index is 0.0133. The fraction of sp³-hybridized carbons (Fsp3) is 0.118. The lowest BCUT2D eigenvalue weighted by Crippen LogP contribution is -2.16. The molecule has 140 valence electrons. The standard InChI is InChI=1S/C17H11F5N4O/c1-9-15(24-25-16(9)17(20,21)22)11-3-2-10(6-12(11)18)26(8-27)14-4-5-23-7-13(14)19/h2-8H,1H3,(H,24,25). The van der Waals surface area contributed by atoms with Crippen LogP contribution < -0.4 is 4.90 Å². The van der Waals surface area contributed by atoms with Crippen LogP contribution in [0.4, 0.5) is 33.3 Å². The minimum Gasteiger partial charge on any atom is -0.280 e. The van der Waals surface area contributed by atoms with E-state index in [0.717, 1.165) is 17.2 Å². The van der Waals surface area contributed by atoms with Gasteiger partial charge in [-0.15, -0.1) is 0 Å². The maximum Gasteiger partial charge on any atom is 0.433 e. The molecule has 27 heavy (non-hydrogen) atoms. The molecule has 1 amide bonds. The Balaban J connectivity index is 2.03. The minimum atomic E-state index is -4.65. The zero-order chi connectivity index (χ0) is 19.8. The van der Waals surface area contributed by atoms with Gasteiger partial charge in [0.2, 0.25) is 6.41 Å². The van der Waals surface area contributed by atoms with Crippen molar-refractivity contribution < 1.29 is 26.7 Å². The molecule has 0 atom stereocenters. The Hall–Kier alpha value is -3.30. The predicted octanol–water partition coefficient (Wildman–Crippen LogP) is 4.37. The van der Waals surface area contributed by atoms with Crippen LogP contribution in [-0.4, -0.2) is 21.6 Å². The first-order valence-corrected chi connectivity index (χ1v) is 7.50. The quantitative estimate of drug-likeness (QED) is 0.538. The number of H-pyrrole nitrogens is 1. The summed E-state index contributed by atoms with van der Waals surface area (Å²) in [5.74, 6) is -1.72. The lowest BCUT2D eigenvalue weighted by molar-refractivity contribution is -0.141. The summed E-state index contributed by atoms with van der Waals surface area (Å²) in [5, 5.41) is 5.40. The summed E-state index contributed by atoms with van der Waals surface area (Å²) in [6.45, 7) is 1.17. The lowest BCUT2D eigenvalue weighted by atomic mass is 10.1. The van der Waals surface area contributed by atoms with E-state index in [0.29, 0.717) is 0 Å². The van der Waals surface area contributed by atoms with Crippen molar-refractivity contribution in [3.8, 4) is 11.3 Å².